The van der Waals surface area contributed by atoms with E-state index in [9.17, 15) is 13.2 Å². The Hall–Kier alpha value is -1.52. The van der Waals surface area contributed by atoms with Crippen LogP contribution in [-0.2, 0) is 14.8 Å². The minimum atomic E-state index is -3.57. The molecule has 3 rings (SSSR count). The molecule has 1 fully saturated rings. The molecule has 0 bridgehead atoms. The van der Waals surface area contributed by atoms with Gasteiger partial charge in [-0.15, -0.1) is 11.3 Å². The number of likely N-dealkylation sites (N-methyl/N-ethyl adjacent to an activating group) is 1. The number of nitrogens with one attached hydrogen (secondary N) is 1. The van der Waals surface area contributed by atoms with Gasteiger partial charge in [-0.2, -0.15) is 0 Å². The highest BCUT2D eigenvalue weighted by molar-refractivity contribution is 7.89. The van der Waals surface area contributed by atoms with Gasteiger partial charge in [0.25, 0.3) is 0 Å². The molecule has 0 spiro atoms. The quantitative estimate of drug-likeness (QED) is 0.762. The molecular weight excluding hydrogens is 408 g/mol. The molecule has 1 aliphatic rings. The summed E-state index contributed by atoms with van der Waals surface area (Å²) in [5.41, 5.74) is 0. The molecular formula is C17H21ClN4O3S2. The molecule has 0 unspecified atom stereocenters. The van der Waals surface area contributed by atoms with Crippen molar-refractivity contribution < 1.29 is 13.2 Å². The second kappa shape index (κ2) is 8.66. The molecule has 10 heteroatoms. The van der Waals surface area contributed by atoms with Gasteiger partial charge in [-0.05, 0) is 37.1 Å². The summed E-state index contributed by atoms with van der Waals surface area (Å²) in [6.45, 7) is 1.61. The number of thiazole rings is 1. The minimum Gasteiger partial charge on any atom is -0.294 e. The summed E-state index contributed by atoms with van der Waals surface area (Å²) in [5, 5.41) is 3.00. The van der Waals surface area contributed by atoms with Crippen molar-refractivity contribution in [3.8, 4) is 0 Å². The number of piperidine rings is 1. The normalized spacial score (nSPS) is 16.4. The predicted molar refractivity (Wildman–Crippen MR) is 107 cm³/mol. The molecule has 2 aromatic rings. The van der Waals surface area contributed by atoms with Gasteiger partial charge in [0.05, 0.1) is 11.4 Å². The van der Waals surface area contributed by atoms with Crippen LogP contribution in [0.3, 0.4) is 0 Å². The Morgan fingerprint density at radius 1 is 1.33 bits per heavy atom. The molecule has 1 aliphatic heterocycles. The monoisotopic (exact) mass is 428 g/mol. The van der Waals surface area contributed by atoms with Gasteiger partial charge < -0.3 is 0 Å². The smallest absolute Gasteiger partial charge is 0.242 e. The molecule has 1 N–H and O–H groups in total. The van der Waals surface area contributed by atoms with Crippen molar-refractivity contribution >= 4 is 44.0 Å². The lowest BCUT2D eigenvalue weighted by molar-refractivity contribution is -0.119. The Labute approximate surface area is 168 Å². The van der Waals surface area contributed by atoms with Crippen LogP contribution >= 0.6 is 22.9 Å². The summed E-state index contributed by atoms with van der Waals surface area (Å²) in [7, 11) is -1.85. The lowest BCUT2D eigenvalue weighted by Crippen LogP contribution is -2.47. The molecule has 1 saturated heterocycles. The zero-order valence-electron chi connectivity index (χ0n) is 14.8. The summed E-state index contributed by atoms with van der Waals surface area (Å²) < 4.78 is 27.7. The fourth-order valence-corrected chi connectivity index (χ4v) is 4.95. The van der Waals surface area contributed by atoms with E-state index < -0.39 is 10.0 Å². The molecule has 1 aromatic heterocycles. The topological polar surface area (TPSA) is 82.6 Å². The van der Waals surface area contributed by atoms with Crippen LogP contribution in [0.1, 0.15) is 12.8 Å². The average molecular weight is 429 g/mol. The summed E-state index contributed by atoms with van der Waals surface area (Å²) in [6.07, 6.45) is 2.98. The molecule has 0 saturated carbocycles. The molecule has 146 valence electrons. The van der Waals surface area contributed by atoms with Crippen molar-refractivity contribution in [1.82, 2.24) is 14.6 Å². The zero-order chi connectivity index (χ0) is 19.4. The SMILES string of the molecule is CN(C(=O)CN1CCC(NS(=O)(=O)c2ccc(Cl)cc2)CC1)c1nccs1. The summed E-state index contributed by atoms with van der Waals surface area (Å²) in [4.78, 5) is 20.3. The van der Waals surface area contributed by atoms with Crippen LogP contribution in [0, 0.1) is 0 Å². The number of carbonyl (C=O) groups is 1. The largest absolute Gasteiger partial charge is 0.294 e. The molecule has 0 radical (unpaired) electrons. The van der Waals surface area contributed by atoms with Gasteiger partial charge in [-0.25, -0.2) is 18.1 Å². The maximum Gasteiger partial charge on any atom is 0.242 e. The molecule has 2 heterocycles. The number of hydrogen-bond acceptors (Lipinski definition) is 6. The number of carbonyl (C=O) groups excluding carboxylic acids is 1. The standard InChI is InChI=1S/C17H21ClN4O3S2/c1-21(17-19-8-11-26-17)16(23)12-22-9-6-14(7-10-22)20-27(24,25)15-4-2-13(18)3-5-15/h2-5,8,11,14,20H,6-7,9-10,12H2,1H3. The van der Waals surface area contributed by atoms with E-state index in [1.54, 1.807) is 30.3 Å². The Kier molecular flexibility index (Phi) is 6.48. The first-order valence-corrected chi connectivity index (χ1v) is 11.3. The van der Waals surface area contributed by atoms with E-state index in [2.05, 4.69) is 9.71 Å². The highest BCUT2D eigenvalue weighted by atomic mass is 35.5. The molecule has 0 atom stereocenters. The third-order valence-electron chi connectivity index (χ3n) is 4.47. The van der Waals surface area contributed by atoms with Crippen molar-refractivity contribution in [3.63, 3.8) is 0 Å². The zero-order valence-corrected chi connectivity index (χ0v) is 17.2. The molecule has 0 aliphatic carbocycles. The number of nitrogens with zero attached hydrogens (tertiary/aromatic N) is 3. The Bertz CT molecular complexity index is 864. The van der Waals surface area contributed by atoms with Crippen LogP contribution in [0.2, 0.25) is 5.02 Å². The van der Waals surface area contributed by atoms with Crippen molar-refractivity contribution in [3.05, 3.63) is 40.9 Å². The first-order chi connectivity index (χ1) is 12.8. The number of benzene rings is 1. The molecule has 27 heavy (non-hydrogen) atoms. The third-order valence-corrected chi connectivity index (χ3v) is 7.11. The first kappa shape index (κ1) is 20.2. The Morgan fingerprint density at radius 3 is 2.59 bits per heavy atom. The maximum absolute atomic E-state index is 12.5. The van der Waals surface area contributed by atoms with E-state index in [-0.39, 0.29) is 16.8 Å². The van der Waals surface area contributed by atoms with Gasteiger partial charge in [-0.1, -0.05) is 11.6 Å². The van der Waals surface area contributed by atoms with Crippen LogP contribution in [0.25, 0.3) is 0 Å². The van der Waals surface area contributed by atoms with Gasteiger partial charge in [0, 0.05) is 42.8 Å². The van der Waals surface area contributed by atoms with Gasteiger partial charge in [0.2, 0.25) is 15.9 Å². The van der Waals surface area contributed by atoms with E-state index >= 15 is 0 Å². The lowest BCUT2D eigenvalue weighted by atomic mass is 10.1. The number of anilines is 1. The van der Waals surface area contributed by atoms with Gasteiger partial charge in [0.15, 0.2) is 5.13 Å². The fraction of sp³-hybridized carbons (Fsp3) is 0.412. The number of rotatable bonds is 6. The molecule has 7 nitrogen and oxygen atoms in total. The van der Waals surface area contributed by atoms with Crippen LogP contribution < -0.4 is 9.62 Å². The highest BCUT2D eigenvalue weighted by Crippen LogP contribution is 2.19. The second-order valence-corrected chi connectivity index (χ2v) is 9.42. The minimum absolute atomic E-state index is 0.0230. The maximum atomic E-state index is 12.5. The van der Waals surface area contributed by atoms with Gasteiger partial charge >= 0.3 is 0 Å². The fourth-order valence-electron chi connectivity index (χ4n) is 2.90. The van der Waals surface area contributed by atoms with Crippen LogP contribution in [0.5, 0.6) is 0 Å². The number of sulfonamides is 1. The van der Waals surface area contributed by atoms with Crippen molar-refractivity contribution in [2.75, 3.05) is 31.6 Å². The molecule has 1 amide bonds. The predicted octanol–water partition coefficient (Wildman–Crippen LogP) is 2.20. The Balaban J connectivity index is 1.50. The summed E-state index contributed by atoms with van der Waals surface area (Å²) >= 11 is 7.23. The van der Waals surface area contributed by atoms with Crippen LogP contribution in [0.4, 0.5) is 5.13 Å². The third kappa shape index (κ3) is 5.26. The van der Waals surface area contributed by atoms with Crippen molar-refractivity contribution in [2.45, 2.75) is 23.8 Å². The lowest BCUT2D eigenvalue weighted by Gasteiger charge is -2.32. The number of halogens is 1. The van der Waals surface area contributed by atoms with Gasteiger partial charge in [0.1, 0.15) is 0 Å². The Morgan fingerprint density at radius 2 is 2.00 bits per heavy atom. The van der Waals surface area contributed by atoms with Crippen molar-refractivity contribution in [2.24, 2.45) is 0 Å². The molecule has 1 aromatic carbocycles. The first-order valence-electron chi connectivity index (χ1n) is 8.51. The van der Waals surface area contributed by atoms with E-state index in [1.165, 1.54) is 23.5 Å². The summed E-state index contributed by atoms with van der Waals surface area (Å²) in [6, 6.07) is 5.96. The van der Waals surface area contributed by atoms with Crippen LogP contribution in [-0.4, -0.2) is 56.9 Å². The van der Waals surface area contributed by atoms with E-state index in [0.717, 1.165) is 0 Å². The summed E-state index contributed by atoms with van der Waals surface area (Å²) in [5.74, 6) is -0.0230. The van der Waals surface area contributed by atoms with E-state index in [4.69, 9.17) is 11.6 Å². The number of amides is 1. The van der Waals surface area contributed by atoms with E-state index in [0.29, 0.717) is 42.6 Å². The van der Waals surface area contributed by atoms with Crippen LogP contribution in [0.15, 0.2) is 40.7 Å². The number of hydrogen-bond donors (Lipinski definition) is 1. The highest BCUT2D eigenvalue weighted by Gasteiger charge is 2.26. The number of likely N-dealkylation sites (tertiary alicyclic amines) is 1. The van der Waals surface area contributed by atoms with Crippen molar-refractivity contribution in [1.29, 1.82) is 0 Å². The second-order valence-electron chi connectivity index (χ2n) is 6.39. The average Bonchev–Trinajstić information content (AvgIpc) is 3.17. The van der Waals surface area contributed by atoms with Gasteiger partial charge in [-0.3, -0.25) is 14.6 Å². The number of aromatic nitrogens is 1. The van der Waals surface area contributed by atoms with E-state index in [1.807, 2.05) is 10.3 Å².